The van der Waals surface area contributed by atoms with Gasteiger partial charge in [0.1, 0.15) is 5.76 Å². The Morgan fingerprint density at radius 2 is 1.84 bits per heavy atom. The number of benzene rings is 2. The summed E-state index contributed by atoms with van der Waals surface area (Å²) in [5.41, 5.74) is 2.44. The van der Waals surface area contributed by atoms with Gasteiger partial charge < -0.3 is 9.73 Å². The zero-order valence-electron chi connectivity index (χ0n) is 11.2. The zero-order valence-corrected chi connectivity index (χ0v) is 11.2. The second-order valence-electron chi connectivity index (χ2n) is 4.78. The van der Waals surface area contributed by atoms with E-state index < -0.39 is 0 Å². The summed E-state index contributed by atoms with van der Waals surface area (Å²) in [5, 5.41) is 5.93. The lowest BCUT2D eigenvalue weighted by Gasteiger charge is -2.17. The van der Waals surface area contributed by atoms with Gasteiger partial charge in [0.2, 0.25) is 0 Å². The third-order valence-corrected chi connectivity index (χ3v) is 3.51. The lowest BCUT2D eigenvalue weighted by atomic mass is 9.95. The maximum absolute atomic E-state index is 5.44. The fraction of sp³-hybridized carbons (Fsp3) is 0.176. The maximum Gasteiger partial charge on any atom is 0.101 e. The van der Waals surface area contributed by atoms with Gasteiger partial charge in [-0.2, -0.15) is 0 Å². The highest BCUT2D eigenvalue weighted by Gasteiger charge is 2.16. The Hall–Kier alpha value is -2.06. The molecule has 2 nitrogen and oxygen atoms in total. The number of aryl methyl sites for hydroxylation is 1. The van der Waals surface area contributed by atoms with E-state index in [1.807, 2.05) is 20.2 Å². The van der Waals surface area contributed by atoms with Crippen LogP contribution in [0.15, 0.2) is 59.2 Å². The van der Waals surface area contributed by atoms with E-state index >= 15 is 0 Å². The fourth-order valence-electron chi connectivity index (χ4n) is 2.62. The number of hydrogen-bond donors (Lipinski definition) is 1. The van der Waals surface area contributed by atoms with E-state index in [1.54, 1.807) is 0 Å². The Labute approximate surface area is 113 Å². The van der Waals surface area contributed by atoms with Crippen LogP contribution in [0.25, 0.3) is 10.8 Å². The molecule has 1 unspecified atom stereocenters. The number of hydrogen-bond acceptors (Lipinski definition) is 2. The number of fused-ring (bicyclic) bond motifs is 1. The minimum Gasteiger partial charge on any atom is -0.469 e. The Kier molecular flexibility index (Phi) is 3.10. The van der Waals surface area contributed by atoms with Gasteiger partial charge in [0.25, 0.3) is 0 Å². The van der Waals surface area contributed by atoms with Crippen molar-refractivity contribution in [3.8, 4) is 0 Å². The van der Waals surface area contributed by atoms with E-state index in [0.717, 1.165) is 11.3 Å². The Bertz CT molecular complexity index is 694. The van der Waals surface area contributed by atoms with E-state index in [4.69, 9.17) is 4.42 Å². The molecule has 3 aromatic rings. The monoisotopic (exact) mass is 251 g/mol. The highest BCUT2D eigenvalue weighted by Crippen LogP contribution is 2.29. The molecule has 1 aromatic heterocycles. The average molecular weight is 251 g/mol. The maximum atomic E-state index is 5.44. The Morgan fingerprint density at radius 3 is 2.58 bits per heavy atom. The van der Waals surface area contributed by atoms with Crippen LogP contribution in [0.3, 0.4) is 0 Å². The van der Waals surface area contributed by atoms with Gasteiger partial charge in [-0.3, -0.25) is 0 Å². The van der Waals surface area contributed by atoms with Gasteiger partial charge in [-0.05, 0) is 36.4 Å². The molecular weight excluding hydrogens is 234 g/mol. The SMILES string of the molecule is CNC(c1coc(C)c1)c1cccc2ccccc12. The molecule has 96 valence electrons. The summed E-state index contributed by atoms with van der Waals surface area (Å²) in [4.78, 5) is 0. The van der Waals surface area contributed by atoms with Gasteiger partial charge in [0.15, 0.2) is 0 Å². The summed E-state index contributed by atoms with van der Waals surface area (Å²) >= 11 is 0. The zero-order chi connectivity index (χ0) is 13.2. The van der Waals surface area contributed by atoms with Crippen molar-refractivity contribution < 1.29 is 4.42 Å². The summed E-state index contributed by atoms with van der Waals surface area (Å²) in [7, 11) is 1.98. The molecule has 0 radical (unpaired) electrons. The molecule has 2 heteroatoms. The van der Waals surface area contributed by atoms with Crippen molar-refractivity contribution in [2.75, 3.05) is 7.05 Å². The van der Waals surface area contributed by atoms with Crippen molar-refractivity contribution in [3.63, 3.8) is 0 Å². The molecule has 0 bridgehead atoms. The van der Waals surface area contributed by atoms with Crippen LogP contribution >= 0.6 is 0 Å². The van der Waals surface area contributed by atoms with E-state index in [1.165, 1.54) is 16.3 Å². The summed E-state index contributed by atoms with van der Waals surface area (Å²) in [5.74, 6) is 0.940. The molecule has 3 rings (SSSR count). The molecule has 0 aliphatic rings. The van der Waals surface area contributed by atoms with Crippen LogP contribution in [0, 0.1) is 6.92 Å². The lowest BCUT2D eigenvalue weighted by molar-refractivity contribution is 0.528. The van der Waals surface area contributed by atoms with Crippen LogP contribution in [-0.4, -0.2) is 7.05 Å². The molecule has 0 amide bonds. The van der Waals surface area contributed by atoms with Crippen molar-refractivity contribution >= 4 is 10.8 Å². The van der Waals surface area contributed by atoms with Crippen LogP contribution in [-0.2, 0) is 0 Å². The normalized spacial score (nSPS) is 12.7. The van der Waals surface area contributed by atoms with Crippen molar-refractivity contribution in [2.24, 2.45) is 0 Å². The standard InChI is InChI=1S/C17H17NO/c1-12-10-14(11-19-12)17(18-2)16-9-5-7-13-6-3-4-8-15(13)16/h3-11,17-18H,1-2H3. The molecule has 0 saturated heterocycles. The van der Waals surface area contributed by atoms with Crippen molar-refractivity contribution in [2.45, 2.75) is 13.0 Å². The Morgan fingerprint density at radius 1 is 1.05 bits per heavy atom. The second-order valence-corrected chi connectivity index (χ2v) is 4.78. The first-order valence-corrected chi connectivity index (χ1v) is 6.49. The summed E-state index contributed by atoms with van der Waals surface area (Å²) in [6.45, 7) is 1.97. The molecule has 1 atom stereocenters. The minimum absolute atomic E-state index is 0.156. The van der Waals surface area contributed by atoms with Gasteiger partial charge >= 0.3 is 0 Å². The van der Waals surface area contributed by atoms with Gasteiger partial charge in [-0.25, -0.2) is 0 Å². The van der Waals surface area contributed by atoms with Crippen LogP contribution in [0.2, 0.25) is 0 Å². The smallest absolute Gasteiger partial charge is 0.101 e. The molecule has 0 spiro atoms. The van der Waals surface area contributed by atoms with E-state index in [-0.39, 0.29) is 6.04 Å². The Balaban J connectivity index is 2.16. The van der Waals surface area contributed by atoms with Crippen molar-refractivity contribution in [1.29, 1.82) is 0 Å². The summed E-state index contributed by atoms with van der Waals surface area (Å²) in [6, 6.07) is 17.1. The summed E-state index contributed by atoms with van der Waals surface area (Å²) < 4.78 is 5.44. The van der Waals surface area contributed by atoms with Gasteiger partial charge in [-0.1, -0.05) is 42.5 Å². The molecule has 0 aliphatic heterocycles. The van der Waals surface area contributed by atoms with Gasteiger partial charge in [-0.15, -0.1) is 0 Å². The number of rotatable bonds is 3. The average Bonchev–Trinajstić information content (AvgIpc) is 2.86. The molecule has 0 aliphatic carbocycles. The first-order chi connectivity index (χ1) is 9.29. The van der Waals surface area contributed by atoms with E-state index in [2.05, 4.69) is 53.8 Å². The third-order valence-electron chi connectivity index (χ3n) is 3.51. The van der Waals surface area contributed by atoms with E-state index in [9.17, 15) is 0 Å². The quantitative estimate of drug-likeness (QED) is 0.759. The van der Waals surface area contributed by atoms with Crippen molar-refractivity contribution in [3.05, 3.63) is 71.7 Å². The van der Waals surface area contributed by atoms with Gasteiger partial charge in [0, 0.05) is 5.56 Å². The third kappa shape index (κ3) is 2.15. The largest absolute Gasteiger partial charge is 0.469 e. The van der Waals surface area contributed by atoms with Crippen LogP contribution in [0.5, 0.6) is 0 Å². The second kappa shape index (κ2) is 4.90. The minimum atomic E-state index is 0.156. The molecule has 0 saturated carbocycles. The van der Waals surface area contributed by atoms with Crippen molar-refractivity contribution in [1.82, 2.24) is 5.32 Å². The predicted molar refractivity (Wildman–Crippen MR) is 78.3 cm³/mol. The highest BCUT2D eigenvalue weighted by atomic mass is 16.3. The molecule has 1 heterocycles. The van der Waals surface area contributed by atoms with Crippen LogP contribution in [0.1, 0.15) is 22.9 Å². The first kappa shape index (κ1) is 12.0. The molecule has 1 N–H and O–H groups in total. The topological polar surface area (TPSA) is 25.2 Å². The fourth-order valence-corrected chi connectivity index (χ4v) is 2.62. The molecule has 0 fully saturated rings. The van der Waals surface area contributed by atoms with Crippen LogP contribution in [0.4, 0.5) is 0 Å². The first-order valence-electron chi connectivity index (χ1n) is 6.49. The lowest BCUT2D eigenvalue weighted by Crippen LogP contribution is -2.17. The predicted octanol–water partition coefficient (Wildman–Crippen LogP) is 4.05. The van der Waals surface area contributed by atoms with Gasteiger partial charge in [0.05, 0.1) is 12.3 Å². The molecule has 19 heavy (non-hydrogen) atoms. The summed E-state index contributed by atoms with van der Waals surface area (Å²) in [6.07, 6.45) is 1.83. The van der Waals surface area contributed by atoms with E-state index in [0.29, 0.717) is 0 Å². The molecular formula is C17H17NO. The van der Waals surface area contributed by atoms with Crippen LogP contribution < -0.4 is 5.32 Å². The number of nitrogens with one attached hydrogen (secondary N) is 1. The number of furan rings is 1. The highest BCUT2D eigenvalue weighted by molar-refractivity contribution is 5.86. The molecule has 2 aromatic carbocycles.